The molecule has 0 spiro atoms. The number of thioether (sulfide) groups is 1. The van der Waals surface area contributed by atoms with Gasteiger partial charge in [0.25, 0.3) is 0 Å². The quantitative estimate of drug-likeness (QED) is 0.589. The van der Waals surface area contributed by atoms with Gasteiger partial charge in [0.05, 0.1) is 0 Å². The Morgan fingerprint density at radius 3 is 2.47 bits per heavy atom. The number of aliphatic carboxylic acids is 1. The van der Waals surface area contributed by atoms with Crippen LogP contribution in [0.15, 0.2) is 42.5 Å². The van der Waals surface area contributed by atoms with Crippen LogP contribution in [-0.2, 0) is 9.59 Å². The van der Waals surface area contributed by atoms with Gasteiger partial charge in [-0.05, 0) is 24.6 Å². The summed E-state index contributed by atoms with van der Waals surface area (Å²) < 4.78 is 10.8. The lowest BCUT2D eigenvalue weighted by atomic mass is 10.0. The van der Waals surface area contributed by atoms with E-state index >= 15 is 0 Å². The van der Waals surface area contributed by atoms with Gasteiger partial charge in [-0.25, -0.2) is 4.79 Å². The molecule has 3 rings (SSSR count). The van der Waals surface area contributed by atoms with Gasteiger partial charge in [-0.1, -0.05) is 35.9 Å². The number of hydrogen-bond donors (Lipinski definition) is 2. The molecular formula is C22H23NO6S. The largest absolute Gasteiger partial charge is 0.480 e. The second-order valence-corrected chi connectivity index (χ2v) is 8.26. The number of carbonyl (C=O) groups excluding carboxylic acids is 2. The van der Waals surface area contributed by atoms with E-state index in [1.165, 1.54) is 18.7 Å². The van der Waals surface area contributed by atoms with Gasteiger partial charge in [0.1, 0.15) is 6.04 Å². The molecule has 0 radical (unpaired) electrons. The number of ether oxygens (including phenoxy) is 2. The van der Waals surface area contributed by atoms with Crippen molar-refractivity contribution in [1.29, 1.82) is 0 Å². The van der Waals surface area contributed by atoms with Crippen molar-refractivity contribution in [2.45, 2.75) is 31.6 Å². The van der Waals surface area contributed by atoms with Crippen LogP contribution in [0.3, 0.4) is 0 Å². The second kappa shape index (κ2) is 9.67. The molecule has 0 saturated carbocycles. The van der Waals surface area contributed by atoms with Crippen molar-refractivity contribution in [3.05, 3.63) is 59.2 Å². The first-order chi connectivity index (χ1) is 14.3. The summed E-state index contributed by atoms with van der Waals surface area (Å²) in [7, 11) is 0. The molecule has 30 heavy (non-hydrogen) atoms. The smallest absolute Gasteiger partial charge is 0.327 e. The fourth-order valence-corrected chi connectivity index (χ4v) is 4.30. The number of amides is 1. The van der Waals surface area contributed by atoms with E-state index < -0.39 is 17.9 Å². The number of fused-ring (bicyclic) bond motifs is 1. The Balaban J connectivity index is 1.80. The number of nitrogens with one attached hydrogen (secondary N) is 1. The number of ketones is 1. The predicted octanol–water partition coefficient (Wildman–Crippen LogP) is 3.36. The molecule has 0 unspecified atom stereocenters. The lowest BCUT2D eigenvalue weighted by Gasteiger charge is -2.20. The monoisotopic (exact) mass is 429 g/mol. The molecule has 7 nitrogen and oxygen atoms in total. The molecule has 2 aromatic carbocycles. The lowest BCUT2D eigenvalue weighted by Crippen LogP contribution is -2.41. The van der Waals surface area contributed by atoms with Gasteiger partial charge in [0, 0.05) is 29.9 Å². The fourth-order valence-electron chi connectivity index (χ4n) is 3.04. The van der Waals surface area contributed by atoms with Crippen molar-refractivity contribution >= 4 is 29.4 Å². The SMILES string of the molecule is CC(=O)N[C@H](CS[C@@H](CC(=O)c1ccc(C)cc1)c1ccc2c(c1)OCO2)C(=O)O. The molecule has 2 aromatic rings. The van der Waals surface area contributed by atoms with E-state index in [-0.39, 0.29) is 30.0 Å². The summed E-state index contributed by atoms with van der Waals surface area (Å²) in [6.07, 6.45) is 0.180. The van der Waals surface area contributed by atoms with Crippen LogP contribution < -0.4 is 14.8 Å². The van der Waals surface area contributed by atoms with Crippen molar-refractivity contribution in [3.63, 3.8) is 0 Å². The summed E-state index contributed by atoms with van der Waals surface area (Å²) in [5.74, 6) is -0.233. The normalized spacial score (nSPS) is 14.1. The van der Waals surface area contributed by atoms with E-state index in [9.17, 15) is 19.5 Å². The van der Waals surface area contributed by atoms with E-state index in [2.05, 4.69) is 5.32 Å². The van der Waals surface area contributed by atoms with Gasteiger partial charge in [-0.2, -0.15) is 11.8 Å². The van der Waals surface area contributed by atoms with Crippen LogP contribution in [0.2, 0.25) is 0 Å². The minimum atomic E-state index is -1.12. The zero-order valence-corrected chi connectivity index (χ0v) is 17.5. The molecule has 1 amide bonds. The zero-order chi connectivity index (χ0) is 21.7. The van der Waals surface area contributed by atoms with Gasteiger partial charge in [0.2, 0.25) is 12.7 Å². The molecule has 8 heteroatoms. The first kappa shape index (κ1) is 21.7. The summed E-state index contributed by atoms with van der Waals surface area (Å²) >= 11 is 1.31. The molecule has 1 aliphatic rings. The van der Waals surface area contributed by atoms with E-state index in [1.807, 2.05) is 31.2 Å². The number of hydrogen-bond acceptors (Lipinski definition) is 6. The number of benzene rings is 2. The molecule has 2 atom stereocenters. The Hall–Kier alpha value is -3.00. The maximum atomic E-state index is 12.9. The van der Waals surface area contributed by atoms with Gasteiger partial charge in [-0.3, -0.25) is 9.59 Å². The summed E-state index contributed by atoms with van der Waals surface area (Å²) in [6.45, 7) is 3.37. The average Bonchev–Trinajstić information content (AvgIpc) is 3.17. The van der Waals surface area contributed by atoms with Crippen LogP contribution in [0.4, 0.5) is 0 Å². The van der Waals surface area contributed by atoms with Crippen molar-refractivity contribution in [1.82, 2.24) is 5.32 Å². The Bertz CT molecular complexity index is 943. The summed E-state index contributed by atoms with van der Waals surface area (Å²) in [6, 6.07) is 11.7. The van der Waals surface area contributed by atoms with Gasteiger partial charge in [0.15, 0.2) is 17.3 Å². The Morgan fingerprint density at radius 1 is 1.10 bits per heavy atom. The Labute approximate surface area is 178 Å². The van der Waals surface area contributed by atoms with Crippen LogP contribution >= 0.6 is 11.8 Å². The zero-order valence-electron chi connectivity index (χ0n) is 16.7. The van der Waals surface area contributed by atoms with Gasteiger partial charge < -0.3 is 19.9 Å². The number of aryl methyl sites for hydroxylation is 1. The number of rotatable bonds is 9. The van der Waals surface area contributed by atoms with Crippen molar-refractivity contribution in [2.75, 3.05) is 12.5 Å². The number of carboxylic acids is 1. The third-order valence-corrected chi connectivity index (χ3v) is 6.02. The molecule has 0 saturated heterocycles. The highest BCUT2D eigenvalue weighted by atomic mass is 32.2. The van der Waals surface area contributed by atoms with Crippen LogP contribution in [0.1, 0.15) is 40.1 Å². The summed E-state index contributed by atoms with van der Waals surface area (Å²) in [5, 5.41) is 11.5. The standard InChI is InChI=1S/C22H23NO6S/c1-13-3-5-15(6-4-13)18(25)10-21(30-11-17(22(26)27)23-14(2)24)16-7-8-19-20(9-16)29-12-28-19/h3-9,17,21H,10-12H2,1-2H3,(H,23,24)(H,26,27)/t17-,21+/m1/s1. The number of carboxylic acid groups (broad SMARTS) is 1. The second-order valence-electron chi connectivity index (χ2n) is 7.02. The van der Waals surface area contributed by atoms with Crippen molar-refractivity contribution < 1.29 is 29.0 Å². The number of carbonyl (C=O) groups is 3. The third kappa shape index (κ3) is 5.54. The van der Waals surface area contributed by atoms with E-state index in [1.54, 1.807) is 18.2 Å². The molecule has 1 aliphatic heterocycles. The van der Waals surface area contributed by atoms with Crippen LogP contribution in [0.25, 0.3) is 0 Å². The fraction of sp³-hybridized carbons (Fsp3) is 0.318. The first-order valence-corrected chi connectivity index (χ1v) is 10.5. The third-order valence-electron chi connectivity index (χ3n) is 4.65. The van der Waals surface area contributed by atoms with Gasteiger partial charge >= 0.3 is 5.97 Å². The first-order valence-electron chi connectivity index (χ1n) is 9.44. The molecule has 2 N–H and O–H groups in total. The molecule has 158 valence electrons. The van der Waals surface area contributed by atoms with E-state index in [0.717, 1.165) is 11.1 Å². The van der Waals surface area contributed by atoms with Crippen LogP contribution in [0.5, 0.6) is 11.5 Å². The molecule has 0 aromatic heterocycles. The number of Topliss-reactive ketones (excluding diaryl/α,β-unsaturated/α-hetero) is 1. The lowest BCUT2D eigenvalue weighted by molar-refractivity contribution is -0.140. The summed E-state index contributed by atoms with van der Waals surface area (Å²) in [5.41, 5.74) is 2.49. The predicted molar refractivity (Wildman–Crippen MR) is 113 cm³/mol. The topological polar surface area (TPSA) is 102 Å². The van der Waals surface area contributed by atoms with Crippen molar-refractivity contribution in [3.8, 4) is 11.5 Å². The maximum absolute atomic E-state index is 12.9. The summed E-state index contributed by atoms with van der Waals surface area (Å²) in [4.78, 5) is 35.7. The molecule has 0 aliphatic carbocycles. The van der Waals surface area contributed by atoms with E-state index in [0.29, 0.717) is 17.1 Å². The highest BCUT2D eigenvalue weighted by Crippen LogP contribution is 2.40. The van der Waals surface area contributed by atoms with Gasteiger partial charge in [-0.15, -0.1) is 0 Å². The highest BCUT2D eigenvalue weighted by molar-refractivity contribution is 7.99. The van der Waals surface area contributed by atoms with E-state index in [4.69, 9.17) is 9.47 Å². The molecule has 1 heterocycles. The minimum Gasteiger partial charge on any atom is -0.480 e. The molecule has 0 bridgehead atoms. The Morgan fingerprint density at radius 2 is 1.80 bits per heavy atom. The highest BCUT2D eigenvalue weighted by Gasteiger charge is 2.25. The average molecular weight is 429 g/mol. The Kier molecular flexibility index (Phi) is 6.99. The minimum absolute atomic E-state index is 0.0448. The molecular weight excluding hydrogens is 406 g/mol. The molecule has 0 fully saturated rings. The van der Waals surface area contributed by atoms with Crippen LogP contribution in [-0.4, -0.2) is 41.4 Å². The maximum Gasteiger partial charge on any atom is 0.327 e. The van der Waals surface area contributed by atoms with Crippen molar-refractivity contribution in [2.24, 2.45) is 0 Å². The van der Waals surface area contributed by atoms with Crippen LogP contribution in [0, 0.1) is 6.92 Å².